The molecule has 0 saturated heterocycles. The van der Waals surface area contributed by atoms with Crippen molar-refractivity contribution < 1.29 is 9.90 Å². The van der Waals surface area contributed by atoms with Gasteiger partial charge in [0.2, 0.25) is 5.82 Å². The van der Waals surface area contributed by atoms with Gasteiger partial charge in [0.25, 0.3) is 5.56 Å². The highest BCUT2D eigenvalue weighted by atomic mass is 16.4. The number of aromatic nitrogens is 3. The number of para-hydroxylation sites is 1. The third kappa shape index (κ3) is 1.63. The molecule has 0 saturated carbocycles. The molecule has 0 radical (unpaired) electrons. The lowest BCUT2D eigenvalue weighted by atomic mass is 10.2. The molecule has 0 bridgehead atoms. The molecule has 3 rings (SSSR count). The Morgan fingerprint density at radius 1 is 1.35 bits per heavy atom. The first-order chi connectivity index (χ1) is 9.61. The Bertz CT molecular complexity index is 946. The smallest absolute Gasteiger partial charge is 0.325 e. The van der Waals surface area contributed by atoms with E-state index in [1.807, 2.05) is 18.2 Å². The van der Waals surface area contributed by atoms with E-state index >= 15 is 0 Å². The summed E-state index contributed by atoms with van der Waals surface area (Å²) in [7, 11) is 0. The molecule has 0 aliphatic carbocycles. The topological polar surface area (TPSA) is 100 Å². The summed E-state index contributed by atoms with van der Waals surface area (Å²) in [5.74, 6) is -1.22. The summed E-state index contributed by atoms with van der Waals surface area (Å²) >= 11 is 0. The fourth-order valence-electron chi connectivity index (χ4n) is 2.18. The average Bonchev–Trinajstić information content (AvgIpc) is 2.81. The molecule has 3 aromatic rings. The number of nitriles is 1. The van der Waals surface area contributed by atoms with E-state index in [2.05, 4.69) is 5.10 Å². The highest BCUT2D eigenvalue weighted by molar-refractivity contribution is 5.87. The van der Waals surface area contributed by atoms with Gasteiger partial charge in [-0.1, -0.05) is 18.2 Å². The van der Waals surface area contributed by atoms with E-state index < -0.39 is 18.1 Å². The number of nitrogens with zero attached hydrogens (tertiary/aromatic N) is 4. The maximum Gasteiger partial charge on any atom is 0.325 e. The summed E-state index contributed by atoms with van der Waals surface area (Å²) in [5, 5.41) is 22.5. The molecule has 2 heterocycles. The van der Waals surface area contributed by atoms with Crippen LogP contribution in [0.2, 0.25) is 0 Å². The van der Waals surface area contributed by atoms with Gasteiger partial charge in [0.1, 0.15) is 18.1 Å². The Hall–Kier alpha value is -3.14. The third-order valence-corrected chi connectivity index (χ3v) is 2.98. The fraction of sp³-hybridized carbons (Fsp3) is 0.0769. The van der Waals surface area contributed by atoms with E-state index in [0.29, 0.717) is 5.52 Å². The number of hydrogen-bond acceptors (Lipinski definition) is 4. The van der Waals surface area contributed by atoms with Crippen LogP contribution in [0.25, 0.3) is 16.4 Å². The van der Waals surface area contributed by atoms with Gasteiger partial charge in [-0.25, -0.2) is 4.68 Å². The van der Waals surface area contributed by atoms with Crippen molar-refractivity contribution in [3.63, 3.8) is 0 Å². The molecule has 0 aliphatic heterocycles. The quantitative estimate of drug-likeness (QED) is 0.733. The minimum Gasteiger partial charge on any atom is -0.480 e. The van der Waals surface area contributed by atoms with Crippen LogP contribution in [0.4, 0.5) is 0 Å². The Kier molecular flexibility index (Phi) is 2.51. The molecule has 7 nitrogen and oxygen atoms in total. The Labute approximate surface area is 111 Å². The lowest BCUT2D eigenvalue weighted by molar-refractivity contribution is -0.138. The SMILES string of the molecule is N#Cc1nn(CC(=O)O)c(=O)c2cc3ccccc3n12. The van der Waals surface area contributed by atoms with Crippen LogP contribution in [-0.2, 0) is 11.3 Å². The lowest BCUT2D eigenvalue weighted by Crippen LogP contribution is -2.29. The van der Waals surface area contributed by atoms with Crippen LogP contribution in [-0.4, -0.2) is 25.3 Å². The van der Waals surface area contributed by atoms with Gasteiger partial charge in [-0.2, -0.15) is 5.26 Å². The zero-order valence-corrected chi connectivity index (χ0v) is 10.1. The predicted molar refractivity (Wildman–Crippen MR) is 69.3 cm³/mol. The minimum atomic E-state index is -1.19. The number of carboxylic acid groups (broad SMARTS) is 1. The van der Waals surface area contributed by atoms with Crippen LogP contribution in [0.5, 0.6) is 0 Å². The molecule has 0 fully saturated rings. The van der Waals surface area contributed by atoms with Gasteiger partial charge in [0.05, 0.1) is 5.52 Å². The zero-order valence-electron chi connectivity index (χ0n) is 10.1. The Morgan fingerprint density at radius 3 is 2.80 bits per heavy atom. The number of aliphatic carboxylic acids is 1. The summed E-state index contributed by atoms with van der Waals surface area (Å²) in [6, 6.07) is 10.7. The second-order valence-electron chi connectivity index (χ2n) is 4.22. The fourth-order valence-corrected chi connectivity index (χ4v) is 2.18. The molecule has 1 N–H and O–H groups in total. The molecule has 0 aliphatic rings. The number of fused-ring (bicyclic) bond motifs is 3. The van der Waals surface area contributed by atoms with Gasteiger partial charge in [0.15, 0.2) is 0 Å². The summed E-state index contributed by atoms with van der Waals surface area (Å²) in [6.07, 6.45) is 0. The van der Waals surface area contributed by atoms with Gasteiger partial charge in [-0.05, 0) is 12.1 Å². The molecule has 7 heteroatoms. The van der Waals surface area contributed by atoms with Gasteiger partial charge >= 0.3 is 5.97 Å². The first-order valence-electron chi connectivity index (χ1n) is 5.75. The standard InChI is InChI=1S/C13H8N4O3/c14-6-11-15-16(7-12(18)19)13(20)10-5-8-3-1-2-4-9(8)17(10)11/h1-5H,7H2,(H,18,19). The van der Waals surface area contributed by atoms with Gasteiger partial charge in [-0.3, -0.25) is 14.0 Å². The molecule has 1 aromatic carbocycles. The van der Waals surface area contributed by atoms with Crippen molar-refractivity contribution in [3.8, 4) is 6.07 Å². The lowest BCUT2D eigenvalue weighted by Gasteiger charge is -2.04. The maximum absolute atomic E-state index is 12.2. The second kappa shape index (κ2) is 4.20. The molecular weight excluding hydrogens is 260 g/mol. The van der Waals surface area contributed by atoms with Crippen LogP contribution in [0.15, 0.2) is 35.1 Å². The van der Waals surface area contributed by atoms with Gasteiger partial charge < -0.3 is 5.11 Å². The van der Waals surface area contributed by atoms with Crippen LogP contribution in [0, 0.1) is 11.3 Å². The second-order valence-corrected chi connectivity index (χ2v) is 4.22. The van der Waals surface area contributed by atoms with Crippen LogP contribution in [0.1, 0.15) is 5.82 Å². The van der Waals surface area contributed by atoms with Crippen LogP contribution < -0.4 is 5.56 Å². The number of hydrogen-bond donors (Lipinski definition) is 1. The van der Waals surface area contributed by atoms with Gasteiger partial charge in [-0.15, -0.1) is 5.10 Å². The van der Waals surface area contributed by atoms with Crippen molar-refractivity contribution in [1.29, 1.82) is 5.26 Å². The largest absolute Gasteiger partial charge is 0.480 e. The summed E-state index contributed by atoms with van der Waals surface area (Å²) in [5.41, 5.74) is 0.382. The molecule has 0 atom stereocenters. The molecule has 0 amide bonds. The zero-order chi connectivity index (χ0) is 14.3. The van der Waals surface area contributed by atoms with Crippen molar-refractivity contribution in [1.82, 2.24) is 14.2 Å². The summed E-state index contributed by atoms with van der Waals surface area (Å²) in [6.45, 7) is -0.578. The van der Waals surface area contributed by atoms with E-state index in [9.17, 15) is 9.59 Å². The number of carboxylic acids is 1. The molecular formula is C13H8N4O3. The predicted octanol–water partition coefficient (Wildman–Crippen LogP) is 0.605. The van der Waals surface area contributed by atoms with Gasteiger partial charge in [0, 0.05) is 5.39 Å². The molecule has 0 unspecified atom stereocenters. The Balaban J connectivity index is 2.48. The van der Waals surface area contributed by atoms with E-state index in [1.165, 1.54) is 4.40 Å². The number of carbonyl (C=O) groups is 1. The van der Waals surface area contributed by atoms with Crippen LogP contribution >= 0.6 is 0 Å². The number of rotatable bonds is 2. The van der Waals surface area contributed by atoms with E-state index in [1.54, 1.807) is 18.2 Å². The first kappa shape index (κ1) is 11.9. The van der Waals surface area contributed by atoms with Crippen molar-refractivity contribution in [2.45, 2.75) is 6.54 Å². The van der Waals surface area contributed by atoms with Crippen molar-refractivity contribution in [3.05, 3.63) is 46.5 Å². The highest BCUT2D eigenvalue weighted by Crippen LogP contribution is 2.18. The highest BCUT2D eigenvalue weighted by Gasteiger charge is 2.15. The molecule has 20 heavy (non-hydrogen) atoms. The van der Waals surface area contributed by atoms with Crippen molar-refractivity contribution >= 4 is 22.4 Å². The Morgan fingerprint density at radius 2 is 2.10 bits per heavy atom. The molecule has 98 valence electrons. The number of benzene rings is 1. The third-order valence-electron chi connectivity index (χ3n) is 2.98. The average molecular weight is 268 g/mol. The van der Waals surface area contributed by atoms with Crippen LogP contribution in [0.3, 0.4) is 0 Å². The first-order valence-corrected chi connectivity index (χ1v) is 5.75. The van der Waals surface area contributed by atoms with E-state index in [4.69, 9.17) is 10.4 Å². The summed E-state index contributed by atoms with van der Waals surface area (Å²) < 4.78 is 2.23. The summed E-state index contributed by atoms with van der Waals surface area (Å²) in [4.78, 5) is 22.9. The minimum absolute atomic E-state index is 0.0259. The molecule has 0 spiro atoms. The molecule has 2 aromatic heterocycles. The normalized spacial score (nSPS) is 10.8. The van der Waals surface area contributed by atoms with Crippen molar-refractivity contribution in [2.24, 2.45) is 0 Å². The monoisotopic (exact) mass is 268 g/mol. The van der Waals surface area contributed by atoms with E-state index in [0.717, 1.165) is 10.1 Å². The van der Waals surface area contributed by atoms with Crippen molar-refractivity contribution in [2.75, 3.05) is 0 Å². The maximum atomic E-state index is 12.2. The van der Waals surface area contributed by atoms with E-state index in [-0.39, 0.29) is 11.3 Å².